The summed E-state index contributed by atoms with van der Waals surface area (Å²) < 4.78 is 28.0. The quantitative estimate of drug-likeness (QED) is 0.110. The molecule has 2 saturated heterocycles. The molecule has 4 fully saturated rings. The van der Waals surface area contributed by atoms with Gasteiger partial charge >= 0.3 is 0 Å². The molecular formula is C26H51FN4O11. The van der Waals surface area contributed by atoms with Crippen LogP contribution in [0.5, 0.6) is 0 Å². The number of aliphatic hydroxyl groups excluding tert-OH is 5. The molecule has 15 nitrogen and oxygen atoms in total. The zero-order chi connectivity index (χ0) is 31.3. The van der Waals surface area contributed by atoms with Crippen LogP contribution in [-0.4, -0.2) is 137 Å². The molecule has 2 aliphatic carbocycles. The highest BCUT2D eigenvalue weighted by molar-refractivity contribution is 5.86. The van der Waals surface area contributed by atoms with E-state index in [4.69, 9.17) is 41.4 Å². The Balaban J connectivity index is 0.000000431. The number of nitrogens with two attached hydrogens (primary N) is 2. The molecule has 248 valence electrons. The lowest BCUT2D eigenvalue weighted by molar-refractivity contribution is -0.324. The van der Waals surface area contributed by atoms with Gasteiger partial charge in [-0.3, -0.25) is 4.79 Å². The maximum absolute atomic E-state index is 12.3. The minimum atomic E-state index is -1.40. The van der Waals surface area contributed by atoms with Gasteiger partial charge in [-0.25, -0.2) is 0 Å². The Morgan fingerprint density at radius 1 is 1.10 bits per heavy atom. The Bertz CT molecular complexity index is 758. The Morgan fingerprint density at radius 2 is 1.81 bits per heavy atom. The monoisotopic (exact) mass is 614 g/mol. The van der Waals surface area contributed by atoms with E-state index in [2.05, 4.69) is 20.3 Å². The molecule has 0 aromatic rings. The third kappa shape index (κ3) is 11.4. The molecule has 1 amide bonds. The maximum atomic E-state index is 12.3. The molecule has 4 aliphatic rings. The third-order valence-electron chi connectivity index (χ3n) is 7.71. The summed E-state index contributed by atoms with van der Waals surface area (Å²) in [6.45, 7) is 1.60. The van der Waals surface area contributed by atoms with Gasteiger partial charge in [0.15, 0.2) is 6.29 Å². The second kappa shape index (κ2) is 18.6. The van der Waals surface area contributed by atoms with Crippen molar-refractivity contribution >= 4 is 5.91 Å². The SMILES string of the molecule is CO.NC1CC(O)(C(=O)NC2CC(N)[C@@H](O[C@@H]3CCCC(CNCCCO)O3)C(O)C2)C1.OC1COC(OF)C(O)C1. The highest BCUT2D eigenvalue weighted by Gasteiger charge is 2.48. The van der Waals surface area contributed by atoms with Crippen LogP contribution in [0.3, 0.4) is 0 Å². The van der Waals surface area contributed by atoms with Gasteiger partial charge in [0, 0.05) is 57.6 Å². The Labute approximate surface area is 245 Å². The zero-order valence-corrected chi connectivity index (χ0v) is 24.2. The summed E-state index contributed by atoms with van der Waals surface area (Å²) in [6, 6.07) is -0.926. The number of hydrogen-bond acceptors (Lipinski definition) is 14. The fourth-order valence-electron chi connectivity index (χ4n) is 5.51. The predicted octanol–water partition coefficient (Wildman–Crippen LogP) is -2.98. The highest BCUT2D eigenvalue weighted by Crippen LogP contribution is 2.32. The summed E-state index contributed by atoms with van der Waals surface area (Å²) >= 11 is 0. The number of aliphatic hydroxyl groups is 6. The lowest BCUT2D eigenvalue weighted by atomic mass is 9.75. The average molecular weight is 615 g/mol. The van der Waals surface area contributed by atoms with Gasteiger partial charge in [-0.05, 0) is 49.6 Å². The van der Waals surface area contributed by atoms with Crippen molar-refractivity contribution < 1.29 is 59.1 Å². The number of rotatable bonds is 10. The molecule has 0 radical (unpaired) electrons. The Kier molecular flexibility index (Phi) is 16.4. The number of ether oxygens (including phenoxy) is 3. The zero-order valence-electron chi connectivity index (χ0n) is 24.2. The van der Waals surface area contributed by atoms with Crippen molar-refractivity contribution in [2.75, 3.05) is 33.4 Å². The van der Waals surface area contributed by atoms with Gasteiger partial charge in [0.2, 0.25) is 6.29 Å². The number of amides is 1. The van der Waals surface area contributed by atoms with Crippen LogP contribution < -0.4 is 22.1 Å². The molecule has 16 heteroatoms. The third-order valence-corrected chi connectivity index (χ3v) is 7.71. The first-order valence-corrected chi connectivity index (χ1v) is 14.6. The molecule has 4 rings (SSSR count). The van der Waals surface area contributed by atoms with Crippen molar-refractivity contribution in [3.63, 3.8) is 0 Å². The van der Waals surface area contributed by atoms with Gasteiger partial charge in [-0.1, -0.05) is 0 Å². The fourth-order valence-corrected chi connectivity index (χ4v) is 5.51. The van der Waals surface area contributed by atoms with Crippen molar-refractivity contribution in [3.05, 3.63) is 0 Å². The molecule has 0 spiro atoms. The molecule has 0 aromatic heterocycles. The lowest BCUT2D eigenvalue weighted by Gasteiger charge is -2.43. The molecule has 0 aromatic carbocycles. The Hall–Kier alpha value is -1.12. The van der Waals surface area contributed by atoms with Crippen LogP contribution in [-0.2, 0) is 23.9 Å². The van der Waals surface area contributed by atoms with Crippen molar-refractivity contribution in [2.24, 2.45) is 11.5 Å². The van der Waals surface area contributed by atoms with Gasteiger partial charge in [-0.15, -0.1) is 0 Å². The van der Waals surface area contributed by atoms with Gasteiger partial charge in [0.25, 0.3) is 5.91 Å². The van der Waals surface area contributed by atoms with E-state index in [1.807, 2.05) is 0 Å². The summed E-state index contributed by atoms with van der Waals surface area (Å²) in [5.41, 5.74) is 10.5. The summed E-state index contributed by atoms with van der Waals surface area (Å²) in [4.78, 5) is 15.6. The largest absolute Gasteiger partial charge is 0.400 e. The lowest BCUT2D eigenvalue weighted by Crippen LogP contribution is -2.63. The van der Waals surface area contributed by atoms with Crippen molar-refractivity contribution in [1.82, 2.24) is 10.6 Å². The second-order valence-electron chi connectivity index (χ2n) is 11.3. The molecule has 12 N–H and O–H groups in total. The summed E-state index contributed by atoms with van der Waals surface area (Å²) in [5.74, 6) is -0.444. The fraction of sp³-hybridized carbons (Fsp3) is 0.962. The standard InChI is InChI=1S/C20H38N4O6.C5H9FO4.CH4O/c21-12-9-20(28,10-12)19(27)24-13-7-15(22)18(16(26)8-13)30-17-4-1-3-14(29-17)11-23-5-2-6-25;6-10-5-4(8)1-3(7)2-9-5;1-2/h12-18,23,25-26,28H,1-11,21-22H2,(H,24,27);3-5,7-8H,1-2H2;2H,1H3/t12?,13?,14?,15?,16?,17-,18-,20?;;/m1../s1. The summed E-state index contributed by atoms with van der Waals surface area (Å²) in [5, 5.41) is 60.5. The number of nitrogens with one attached hydrogen (secondary N) is 2. The minimum Gasteiger partial charge on any atom is -0.400 e. The maximum Gasteiger partial charge on any atom is 0.252 e. The van der Waals surface area contributed by atoms with E-state index in [0.29, 0.717) is 25.8 Å². The van der Waals surface area contributed by atoms with Crippen LogP contribution in [0.2, 0.25) is 0 Å². The van der Waals surface area contributed by atoms with Gasteiger partial charge in [0.1, 0.15) is 17.8 Å². The van der Waals surface area contributed by atoms with E-state index in [0.717, 1.165) is 32.9 Å². The number of carbonyl (C=O) groups excluding carboxylic acids is 1. The second-order valence-corrected chi connectivity index (χ2v) is 11.3. The van der Waals surface area contributed by atoms with Crippen LogP contribution in [0, 0.1) is 0 Å². The van der Waals surface area contributed by atoms with Gasteiger partial charge in [-0.2, -0.15) is 4.94 Å². The normalized spacial score (nSPS) is 40.0. The van der Waals surface area contributed by atoms with E-state index in [1.54, 1.807) is 0 Å². The molecule has 9 atom stereocenters. The molecular weight excluding hydrogens is 563 g/mol. The molecule has 42 heavy (non-hydrogen) atoms. The average Bonchev–Trinajstić information content (AvgIpc) is 2.94. The molecule has 2 saturated carbocycles. The van der Waals surface area contributed by atoms with Crippen molar-refractivity contribution in [2.45, 2.75) is 125 Å². The van der Waals surface area contributed by atoms with Crippen LogP contribution in [0.15, 0.2) is 0 Å². The first kappa shape index (κ1) is 37.1. The summed E-state index contributed by atoms with van der Waals surface area (Å²) in [6.07, 6.45) is -0.101. The molecule has 7 unspecified atom stereocenters. The van der Waals surface area contributed by atoms with E-state index in [-0.39, 0.29) is 50.7 Å². The number of hydrogen-bond donors (Lipinski definition) is 10. The first-order chi connectivity index (χ1) is 20.0. The first-order valence-electron chi connectivity index (χ1n) is 14.6. The van der Waals surface area contributed by atoms with Crippen LogP contribution in [0.1, 0.15) is 57.8 Å². The predicted molar refractivity (Wildman–Crippen MR) is 146 cm³/mol. The topological polar surface area (TPSA) is 251 Å². The van der Waals surface area contributed by atoms with Crippen LogP contribution >= 0.6 is 0 Å². The van der Waals surface area contributed by atoms with Crippen LogP contribution in [0.4, 0.5) is 4.53 Å². The number of carbonyl (C=O) groups is 1. The highest BCUT2D eigenvalue weighted by atomic mass is 19.3. The van der Waals surface area contributed by atoms with Crippen LogP contribution in [0.25, 0.3) is 0 Å². The van der Waals surface area contributed by atoms with E-state index < -0.39 is 54.5 Å². The van der Waals surface area contributed by atoms with Crippen molar-refractivity contribution in [1.29, 1.82) is 0 Å². The number of halogens is 1. The van der Waals surface area contributed by atoms with E-state index in [9.17, 15) is 19.5 Å². The molecule has 2 heterocycles. The minimum absolute atomic E-state index is 0.00560. The van der Waals surface area contributed by atoms with Gasteiger partial charge < -0.3 is 67.0 Å². The van der Waals surface area contributed by atoms with E-state index in [1.165, 1.54) is 0 Å². The van der Waals surface area contributed by atoms with Crippen molar-refractivity contribution in [3.8, 4) is 0 Å². The summed E-state index contributed by atoms with van der Waals surface area (Å²) in [7, 11) is 1.00. The van der Waals surface area contributed by atoms with Gasteiger partial charge in [0.05, 0.1) is 24.9 Å². The van der Waals surface area contributed by atoms with E-state index >= 15 is 0 Å². The smallest absolute Gasteiger partial charge is 0.252 e. The Morgan fingerprint density at radius 3 is 2.40 bits per heavy atom. The molecule has 0 bridgehead atoms. The molecule has 2 aliphatic heterocycles.